The predicted octanol–water partition coefficient (Wildman–Crippen LogP) is 2.89. The van der Waals surface area contributed by atoms with Crippen LogP contribution in [0, 0.1) is 16.7 Å². The summed E-state index contributed by atoms with van der Waals surface area (Å²) in [5.74, 6) is 0.442. The van der Waals surface area contributed by atoms with E-state index in [2.05, 4.69) is 54.2 Å². The van der Waals surface area contributed by atoms with Crippen molar-refractivity contribution in [3.63, 3.8) is 0 Å². The fourth-order valence-electron chi connectivity index (χ4n) is 2.62. The Morgan fingerprint density at radius 3 is 1.94 bits per heavy atom. The molecule has 0 heterocycles. The molecular formula is C14H29NO2S. The minimum Gasteiger partial charge on any atom is -0.464 e. The zero-order chi connectivity index (χ0) is 14.6. The summed E-state index contributed by atoms with van der Waals surface area (Å²) < 4.78 is 5.20. The van der Waals surface area contributed by atoms with Crippen LogP contribution in [0.1, 0.15) is 48.0 Å². The molecule has 0 aromatic heterocycles. The van der Waals surface area contributed by atoms with Crippen LogP contribution < -0.4 is 5.73 Å². The maximum atomic E-state index is 11.5. The van der Waals surface area contributed by atoms with Gasteiger partial charge in [0.2, 0.25) is 0 Å². The highest BCUT2D eigenvalue weighted by molar-refractivity contribution is 7.80. The van der Waals surface area contributed by atoms with Crippen molar-refractivity contribution in [3.8, 4) is 0 Å². The average molecular weight is 275 g/mol. The Labute approximate surface area is 117 Å². The normalized spacial score (nSPS) is 14.7. The molecule has 0 spiro atoms. The Morgan fingerprint density at radius 1 is 1.17 bits per heavy atom. The van der Waals surface area contributed by atoms with Gasteiger partial charge in [-0.25, -0.2) is 0 Å². The molecule has 0 aliphatic carbocycles. The number of hydrogen-bond donors (Lipinski definition) is 2. The minimum absolute atomic E-state index is 0.191. The van der Waals surface area contributed by atoms with Crippen LogP contribution in [0.25, 0.3) is 0 Å². The maximum Gasteiger partial charge on any atom is 0.323 e. The Kier molecular flexibility index (Phi) is 6.72. The van der Waals surface area contributed by atoms with Crippen LogP contribution in [0.2, 0.25) is 0 Å². The lowest BCUT2D eigenvalue weighted by Crippen LogP contribution is -2.36. The fourth-order valence-corrected chi connectivity index (χ4v) is 2.77. The molecule has 0 aromatic carbocycles. The highest BCUT2D eigenvalue weighted by Gasteiger charge is 2.34. The molecule has 0 bridgehead atoms. The van der Waals surface area contributed by atoms with Crippen LogP contribution in [-0.2, 0) is 9.53 Å². The van der Waals surface area contributed by atoms with Gasteiger partial charge in [-0.2, -0.15) is 12.6 Å². The van der Waals surface area contributed by atoms with E-state index in [1.54, 1.807) is 0 Å². The van der Waals surface area contributed by atoms with Crippen molar-refractivity contribution in [3.05, 3.63) is 0 Å². The summed E-state index contributed by atoms with van der Waals surface area (Å²) in [6.45, 7) is 13.8. The molecule has 2 N–H and O–H groups in total. The molecule has 0 aliphatic heterocycles. The van der Waals surface area contributed by atoms with Gasteiger partial charge in [0.15, 0.2) is 0 Å². The van der Waals surface area contributed by atoms with Gasteiger partial charge in [-0.1, -0.05) is 41.5 Å². The zero-order valence-electron chi connectivity index (χ0n) is 12.6. The van der Waals surface area contributed by atoms with Gasteiger partial charge < -0.3 is 10.5 Å². The van der Waals surface area contributed by atoms with Crippen molar-refractivity contribution in [2.45, 2.75) is 54.0 Å². The molecule has 3 nitrogen and oxygen atoms in total. The smallest absolute Gasteiger partial charge is 0.323 e. The van der Waals surface area contributed by atoms with Crippen molar-refractivity contribution >= 4 is 18.6 Å². The van der Waals surface area contributed by atoms with Gasteiger partial charge in [0.25, 0.3) is 0 Å². The molecule has 0 amide bonds. The molecule has 4 heteroatoms. The summed E-state index contributed by atoms with van der Waals surface area (Å²) in [5, 5.41) is 0. The molecule has 1 unspecified atom stereocenters. The second kappa shape index (κ2) is 6.80. The summed E-state index contributed by atoms with van der Waals surface area (Å²) in [6.07, 6.45) is 0.859. The molecule has 0 radical (unpaired) electrons. The van der Waals surface area contributed by atoms with Crippen LogP contribution in [-0.4, -0.2) is 24.4 Å². The summed E-state index contributed by atoms with van der Waals surface area (Å²) in [6, 6.07) is -0.615. The first kappa shape index (κ1) is 17.8. The molecule has 108 valence electrons. The van der Waals surface area contributed by atoms with E-state index < -0.39 is 6.04 Å². The van der Waals surface area contributed by atoms with E-state index in [4.69, 9.17) is 10.5 Å². The molecule has 0 aromatic rings. The van der Waals surface area contributed by atoms with Gasteiger partial charge in [0, 0.05) is 5.75 Å². The van der Waals surface area contributed by atoms with Gasteiger partial charge in [-0.15, -0.1) is 0 Å². The molecule has 18 heavy (non-hydrogen) atoms. The number of thiol groups is 1. The predicted molar refractivity (Wildman–Crippen MR) is 79.8 cm³/mol. The molecule has 0 saturated carbocycles. The van der Waals surface area contributed by atoms with E-state index in [0.29, 0.717) is 18.3 Å². The Bertz CT molecular complexity index is 252. The number of hydrogen-bond acceptors (Lipinski definition) is 4. The van der Waals surface area contributed by atoms with Crippen LogP contribution in [0.3, 0.4) is 0 Å². The zero-order valence-corrected chi connectivity index (χ0v) is 13.5. The van der Waals surface area contributed by atoms with Crippen LogP contribution in [0.4, 0.5) is 0 Å². The molecule has 0 aliphatic rings. The number of carbonyl (C=O) groups excluding carboxylic acids is 1. The summed E-state index contributed by atoms with van der Waals surface area (Å²) in [4.78, 5) is 11.5. The molecular weight excluding hydrogens is 246 g/mol. The molecule has 0 saturated heterocycles. The second-order valence-electron chi connectivity index (χ2n) is 7.03. The van der Waals surface area contributed by atoms with Crippen molar-refractivity contribution in [2.75, 3.05) is 12.4 Å². The van der Waals surface area contributed by atoms with Crippen LogP contribution in [0.5, 0.6) is 0 Å². The summed E-state index contributed by atoms with van der Waals surface area (Å²) in [7, 11) is 0. The lowest BCUT2D eigenvalue weighted by atomic mass is 9.65. The largest absolute Gasteiger partial charge is 0.464 e. The first-order valence-electron chi connectivity index (χ1n) is 6.53. The van der Waals surface area contributed by atoms with E-state index in [1.807, 2.05) is 0 Å². The molecule has 0 rings (SSSR count). The second-order valence-corrected chi connectivity index (χ2v) is 7.40. The molecule has 0 fully saturated rings. The summed E-state index contributed by atoms with van der Waals surface area (Å²) >= 11 is 3.98. The Balaban J connectivity index is 4.36. The number of ether oxygens (including phenoxy) is 1. The van der Waals surface area contributed by atoms with Gasteiger partial charge in [0.1, 0.15) is 6.04 Å². The number of nitrogens with two attached hydrogens (primary N) is 1. The monoisotopic (exact) mass is 275 g/mol. The van der Waals surface area contributed by atoms with Gasteiger partial charge in [0.05, 0.1) is 6.61 Å². The standard InChI is InChI=1S/C14H29NO2S/c1-13(2,3)11(14(4,5)6)7-8-17-12(16)10(15)9-18/h10-11,18H,7-9,15H2,1-6H3. The fraction of sp³-hybridized carbons (Fsp3) is 0.929. The number of carbonyl (C=O) groups is 1. The first-order valence-corrected chi connectivity index (χ1v) is 7.16. The Hall–Kier alpha value is -0.220. The van der Waals surface area contributed by atoms with Crippen molar-refractivity contribution in [1.82, 2.24) is 0 Å². The first-order chi connectivity index (χ1) is 8.00. The quantitative estimate of drug-likeness (QED) is 0.599. The lowest BCUT2D eigenvalue weighted by Gasteiger charge is -2.40. The highest BCUT2D eigenvalue weighted by atomic mass is 32.1. The third-order valence-corrected chi connectivity index (χ3v) is 3.63. The highest BCUT2D eigenvalue weighted by Crippen LogP contribution is 2.41. The number of rotatable bonds is 5. The average Bonchev–Trinajstić information content (AvgIpc) is 2.19. The van der Waals surface area contributed by atoms with Crippen molar-refractivity contribution < 1.29 is 9.53 Å². The van der Waals surface area contributed by atoms with E-state index in [-0.39, 0.29) is 16.8 Å². The summed E-state index contributed by atoms with van der Waals surface area (Å²) in [5.41, 5.74) is 5.94. The Morgan fingerprint density at radius 2 is 1.61 bits per heavy atom. The van der Waals surface area contributed by atoms with E-state index in [0.717, 1.165) is 6.42 Å². The van der Waals surface area contributed by atoms with Crippen LogP contribution in [0.15, 0.2) is 0 Å². The third-order valence-electron chi connectivity index (χ3n) is 3.24. The van der Waals surface area contributed by atoms with E-state index in [1.165, 1.54) is 0 Å². The van der Waals surface area contributed by atoms with Gasteiger partial charge in [-0.05, 0) is 23.2 Å². The van der Waals surface area contributed by atoms with Crippen LogP contribution >= 0.6 is 12.6 Å². The third kappa shape index (κ3) is 6.10. The lowest BCUT2D eigenvalue weighted by molar-refractivity contribution is -0.145. The van der Waals surface area contributed by atoms with Gasteiger partial charge >= 0.3 is 5.97 Å². The van der Waals surface area contributed by atoms with Crippen molar-refractivity contribution in [1.29, 1.82) is 0 Å². The van der Waals surface area contributed by atoms with Gasteiger partial charge in [-0.3, -0.25) is 4.79 Å². The molecule has 1 atom stereocenters. The number of esters is 1. The SMILES string of the molecule is CC(C)(C)C(CCOC(=O)C(N)CS)C(C)(C)C. The minimum atomic E-state index is -0.615. The maximum absolute atomic E-state index is 11.5. The van der Waals surface area contributed by atoms with Crippen molar-refractivity contribution in [2.24, 2.45) is 22.5 Å². The van der Waals surface area contributed by atoms with E-state index >= 15 is 0 Å². The van der Waals surface area contributed by atoms with E-state index in [9.17, 15) is 4.79 Å². The topological polar surface area (TPSA) is 52.3 Å².